The van der Waals surface area contributed by atoms with Crippen molar-refractivity contribution in [2.75, 3.05) is 13.2 Å². The highest BCUT2D eigenvalue weighted by molar-refractivity contribution is 5.86. The van der Waals surface area contributed by atoms with E-state index in [4.69, 9.17) is 4.74 Å². The molecule has 1 saturated heterocycles. The van der Waals surface area contributed by atoms with Gasteiger partial charge in [0.2, 0.25) is 5.91 Å². The number of fused-ring (bicyclic) bond motifs is 1. The zero-order chi connectivity index (χ0) is 20.7. The van der Waals surface area contributed by atoms with Crippen molar-refractivity contribution in [3.05, 3.63) is 42.0 Å². The summed E-state index contributed by atoms with van der Waals surface area (Å²) >= 11 is 0. The molecule has 1 amide bonds. The molecular weight excluding hydrogens is 369 g/mol. The number of benzene rings is 2. The molecule has 0 spiro atoms. The molecule has 0 radical (unpaired) electrons. The summed E-state index contributed by atoms with van der Waals surface area (Å²) in [6.45, 7) is 7.38. The van der Waals surface area contributed by atoms with Gasteiger partial charge in [0.25, 0.3) is 0 Å². The van der Waals surface area contributed by atoms with E-state index in [1.807, 2.05) is 26.0 Å². The highest BCUT2D eigenvalue weighted by atomic mass is 19.4. The first-order chi connectivity index (χ1) is 13.0. The number of carbonyl (C=O) groups excluding carboxylic acids is 1. The second-order valence-corrected chi connectivity index (χ2v) is 8.34. The third-order valence-electron chi connectivity index (χ3n) is 4.79. The van der Waals surface area contributed by atoms with E-state index >= 15 is 0 Å². The number of hydrogen-bond donors (Lipinski definition) is 1. The minimum Gasteiger partial charge on any atom is -0.493 e. The summed E-state index contributed by atoms with van der Waals surface area (Å²) in [6, 6.07) is 8.39. The molecule has 2 aromatic carbocycles. The van der Waals surface area contributed by atoms with Crippen molar-refractivity contribution in [3.63, 3.8) is 0 Å². The lowest BCUT2D eigenvalue weighted by Crippen LogP contribution is -2.43. The summed E-state index contributed by atoms with van der Waals surface area (Å²) in [5.74, 6) is -0.0741. The van der Waals surface area contributed by atoms with Crippen molar-refractivity contribution in [3.8, 4) is 5.75 Å². The predicted molar refractivity (Wildman–Crippen MR) is 102 cm³/mol. The van der Waals surface area contributed by atoms with Crippen LogP contribution in [0.5, 0.6) is 5.75 Å². The zero-order valence-corrected chi connectivity index (χ0v) is 16.4. The van der Waals surface area contributed by atoms with Gasteiger partial charge in [0, 0.05) is 12.1 Å². The maximum Gasteiger partial charge on any atom is 0.410 e. The number of amides is 1. The molecule has 0 bridgehead atoms. The Morgan fingerprint density at radius 3 is 2.29 bits per heavy atom. The van der Waals surface area contributed by atoms with Crippen LogP contribution in [-0.4, -0.2) is 30.2 Å². The van der Waals surface area contributed by atoms with E-state index in [-0.39, 0.29) is 23.8 Å². The van der Waals surface area contributed by atoms with Crippen LogP contribution in [0.1, 0.15) is 39.3 Å². The van der Waals surface area contributed by atoms with Crippen LogP contribution in [-0.2, 0) is 4.79 Å². The van der Waals surface area contributed by atoms with Gasteiger partial charge in [-0.05, 0) is 42.7 Å². The Kier molecular flexibility index (Phi) is 5.32. The number of hydrazine groups is 1. The number of alkyl halides is 3. The standard InChI is InChI=1S/C21H25F3N2O2/c1-13(2)11-28-17-10-15-8-6-5-7-14(15)9-16(17)18(21(22,23)24)26-12-20(3,4)19(27)25-26/h5-10,13,18H,11-12H2,1-4H3,(H,25,27). The summed E-state index contributed by atoms with van der Waals surface area (Å²) in [6.07, 6.45) is -4.59. The number of nitrogens with zero attached hydrogens (tertiary/aromatic N) is 1. The molecule has 28 heavy (non-hydrogen) atoms. The molecule has 0 aromatic heterocycles. The van der Waals surface area contributed by atoms with E-state index in [1.54, 1.807) is 32.0 Å². The molecule has 4 nitrogen and oxygen atoms in total. The fourth-order valence-electron chi connectivity index (χ4n) is 3.33. The Labute approximate surface area is 162 Å². The number of nitrogens with one attached hydrogen (secondary N) is 1. The SMILES string of the molecule is CC(C)COc1cc2ccccc2cc1C(N1CC(C)(C)C(=O)N1)C(F)(F)F. The number of carbonyl (C=O) groups is 1. The van der Waals surface area contributed by atoms with Crippen molar-refractivity contribution in [1.29, 1.82) is 0 Å². The highest BCUT2D eigenvalue weighted by Crippen LogP contribution is 2.44. The van der Waals surface area contributed by atoms with Crippen LogP contribution in [0.4, 0.5) is 13.2 Å². The van der Waals surface area contributed by atoms with Crippen molar-refractivity contribution < 1.29 is 22.7 Å². The van der Waals surface area contributed by atoms with Crippen LogP contribution in [0.25, 0.3) is 10.8 Å². The largest absolute Gasteiger partial charge is 0.493 e. The minimum absolute atomic E-state index is 0.00449. The molecule has 1 heterocycles. The second-order valence-electron chi connectivity index (χ2n) is 8.34. The summed E-state index contributed by atoms with van der Waals surface area (Å²) in [5, 5.41) is 2.47. The van der Waals surface area contributed by atoms with E-state index < -0.39 is 23.5 Å². The van der Waals surface area contributed by atoms with E-state index in [0.29, 0.717) is 12.0 Å². The molecule has 7 heteroatoms. The maximum absolute atomic E-state index is 14.2. The first-order valence-corrected chi connectivity index (χ1v) is 9.29. The number of halogens is 3. The van der Waals surface area contributed by atoms with Crippen molar-refractivity contribution in [2.24, 2.45) is 11.3 Å². The molecule has 3 rings (SSSR count). The monoisotopic (exact) mass is 394 g/mol. The Morgan fingerprint density at radius 2 is 1.79 bits per heavy atom. The minimum atomic E-state index is -4.59. The molecule has 1 aliphatic rings. The normalized spacial score (nSPS) is 18.5. The fraction of sp³-hybridized carbons (Fsp3) is 0.476. The van der Waals surface area contributed by atoms with Gasteiger partial charge in [-0.2, -0.15) is 13.2 Å². The van der Waals surface area contributed by atoms with E-state index in [0.717, 1.165) is 10.4 Å². The van der Waals surface area contributed by atoms with Crippen molar-refractivity contribution >= 4 is 16.7 Å². The smallest absolute Gasteiger partial charge is 0.410 e. The van der Waals surface area contributed by atoms with Gasteiger partial charge < -0.3 is 4.74 Å². The average molecular weight is 394 g/mol. The second kappa shape index (κ2) is 7.28. The van der Waals surface area contributed by atoms with E-state index in [2.05, 4.69) is 5.43 Å². The van der Waals surface area contributed by atoms with Crippen LogP contribution >= 0.6 is 0 Å². The Hall–Kier alpha value is -2.28. The third kappa shape index (κ3) is 4.09. The summed E-state index contributed by atoms with van der Waals surface area (Å²) in [4.78, 5) is 12.1. The van der Waals surface area contributed by atoms with Crippen molar-refractivity contribution in [2.45, 2.75) is 39.9 Å². The van der Waals surface area contributed by atoms with Gasteiger partial charge in [-0.15, -0.1) is 0 Å². The summed E-state index contributed by atoms with van der Waals surface area (Å²) in [7, 11) is 0. The first-order valence-electron chi connectivity index (χ1n) is 9.29. The van der Waals surface area contributed by atoms with Gasteiger partial charge in [-0.1, -0.05) is 38.1 Å². The fourth-order valence-corrected chi connectivity index (χ4v) is 3.33. The Bertz CT molecular complexity index is 878. The maximum atomic E-state index is 14.2. The average Bonchev–Trinajstić information content (AvgIpc) is 2.84. The van der Waals surface area contributed by atoms with Gasteiger partial charge in [-0.3, -0.25) is 10.2 Å². The molecule has 1 aliphatic heterocycles. The third-order valence-corrected chi connectivity index (χ3v) is 4.79. The lowest BCUT2D eigenvalue weighted by molar-refractivity contribution is -0.192. The molecular formula is C21H25F3N2O2. The van der Waals surface area contributed by atoms with Crippen LogP contribution < -0.4 is 10.2 Å². The molecule has 2 aromatic rings. The number of ether oxygens (including phenoxy) is 1. The molecule has 1 atom stereocenters. The van der Waals surface area contributed by atoms with E-state index in [9.17, 15) is 18.0 Å². The van der Waals surface area contributed by atoms with Gasteiger partial charge in [-0.25, -0.2) is 5.01 Å². The summed E-state index contributed by atoms with van der Waals surface area (Å²) < 4.78 is 48.3. The molecule has 0 aliphatic carbocycles. The van der Waals surface area contributed by atoms with Crippen LogP contribution in [0.3, 0.4) is 0 Å². The lowest BCUT2D eigenvalue weighted by atomic mass is 9.93. The molecule has 1 N–H and O–H groups in total. The van der Waals surface area contributed by atoms with Crippen LogP contribution in [0.2, 0.25) is 0 Å². The predicted octanol–water partition coefficient (Wildman–Crippen LogP) is 4.85. The van der Waals surface area contributed by atoms with Gasteiger partial charge in [0.1, 0.15) is 5.75 Å². The van der Waals surface area contributed by atoms with Gasteiger partial charge in [0.05, 0.1) is 12.0 Å². The van der Waals surface area contributed by atoms with E-state index in [1.165, 1.54) is 6.07 Å². The molecule has 1 unspecified atom stereocenters. The Morgan fingerprint density at radius 1 is 1.18 bits per heavy atom. The van der Waals surface area contributed by atoms with Crippen molar-refractivity contribution in [1.82, 2.24) is 10.4 Å². The molecule has 152 valence electrons. The topological polar surface area (TPSA) is 41.6 Å². The number of hydrogen-bond acceptors (Lipinski definition) is 3. The number of rotatable bonds is 5. The van der Waals surface area contributed by atoms with Crippen LogP contribution in [0.15, 0.2) is 36.4 Å². The lowest BCUT2D eigenvalue weighted by Gasteiger charge is -2.31. The van der Waals surface area contributed by atoms with Gasteiger partial charge >= 0.3 is 6.18 Å². The Balaban J connectivity index is 2.12. The first kappa shape index (κ1) is 20.5. The summed E-state index contributed by atoms with van der Waals surface area (Å²) in [5.41, 5.74) is 1.51. The van der Waals surface area contributed by atoms with Gasteiger partial charge in [0.15, 0.2) is 6.04 Å². The molecule has 1 fully saturated rings. The molecule has 0 saturated carbocycles. The zero-order valence-electron chi connectivity index (χ0n) is 16.4. The quantitative estimate of drug-likeness (QED) is 0.788. The van der Waals surface area contributed by atoms with Crippen LogP contribution in [0, 0.1) is 11.3 Å². The highest BCUT2D eigenvalue weighted by Gasteiger charge is 2.52.